The van der Waals surface area contributed by atoms with E-state index in [1.54, 1.807) is 30.3 Å². The zero-order valence-electron chi connectivity index (χ0n) is 15.2. The maximum Gasteiger partial charge on any atom is 0.291 e. The first-order chi connectivity index (χ1) is 14.2. The molecular weight excluding hydrogens is 366 g/mol. The second-order valence-electron chi connectivity index (χ2n) is 6.56. The predicted octanol–water partition coefficient (Wildman–Crippen LogP) is 4.36. The van der Waals surface area contributed by atoms with Crippen molar-refractivity contribution in [1.29, 1.82) is 0 Å². The number of nitrogens with zero attached hydrogens (tertiary/aromatic N) is 2. The molecule has 0 radical (unpaired) electrons. The molecule has 0 bridgehead atoms. The average molecular weight is 381 g/mol. The van der Waals surface area contributed by atoms with Gasteiger partial charge < -0.3 is 14.1 Å². The molecule has 2 aromatic carbocycles. The third-order valence-electron chi connectivity index (χ3n) is 4.67. The Morgan fingerprint density at radius 1 is 0.966 bits per heavy atom. The van der Waals surface area contributed by atoms with Crippen molar-refractivity contribution in [2.24, 2.45) is 0 Å². The van der Waals surface area contributed by atoms with Gasteiger partial charge in [-0.25, -0.2) is 4.98 Å². The summed E-state index contributed by atoms with van der Waals surface area (Å²) in [5, 5.41) is 3.28. The highest BCUT2D eigenvalue weighted by molar-refractivity contribution is 6.05. The molecule has 5 aromatic rings. The molecule has 0 unspecified atom stereocenters. The Kier molecular flexibility index (Phi) is 3.95. The summed E-state index contributed by atoms with van der Waals surface area (Å²) in [5.41, 5.74) is 3.00. The maximum absolute atomic E-state index is 12.8. The molecule has 0 fully saturated rings. The van der Waals surface area contributed by atoms with E-state index in [0.717, 1.165) is 16.9 Å². The van der Waals surface area contributed by atoms with Crippen LogP contribution in [-0.2, 0) is 0 Å². The van der Waals surface area contributed by atoms with Crippen LogP contribution < -0.4 is 10.7 Å². The number of para-hydroxylation sites is 2. The minimum absolute atomic E-state index is 0.0431. The van der Waals surface area contributed by atoms with Gasteiger partial charge in [0.15, 0.2) is 11.2 Å². The fourth-order valence-electron chi connectivity index (χ4n) is 3.28. The Bertz CT molecular complexity index is 1400. The lowest BCUT2D eigenvalue weighted by Gasteiger charge is -2.09. The Hall–Kier alpha value is -4.19. The highest BCUT2D eigenvalue weighted by atomic mass is 16.3. The lowest BCUT2D eigenvalue weighted by Crippen LogP contribution is -2.15. The van der Waals surface area contributed by atoms with Gasteiger partial charge in [0, 0.05) is 24.0 Å². The molecule has 1 N–H and O–H groups in total. The summed E-state index contributed by atoms with van der Waals surface area (Å²) >= 11 is 0. The first kappa shape index (κ1) is 16.9. The van der Waals surface area contributed by atoms with Crippen LogP contribution in [0.2, 0.25) is 0 Å². The molecule has 6 heteroatoms. The first-order valence-electron chi connectivity index (χ1n) is 9.06. The number of rotatable bonds is 3. The number of anilines is 1. The number of hydrogen-bond acceptors (Lipinski definition) is 4. The fraction of sp³-hybridized carbons (Fsp3) is 0. The summed E-state index contributed by atoms with van der Waals surface area (Å²) in [6.45, 7) is 0. The number of hydrogen-bond donors (Lipinski definition) is 1. The van der Waals surface area contributed by atoms with Gasteiger partial charge in [-0.15, -0.1) is 0 Å². The van der Waals surface area contributed by atoms with E-state index in [4.69, 9.17) is 4.42 Å². The number of pyridine rings is 1. The highest BCUT2D eigenvalue weighted by Gasteiger charge is 2.16. The van der Waals surface area contributed by atoms with Crippen LogP contribution in [-0.4, -0.2) is 15.3 Å². The molecule has 5 rings (SSSR count). The smallest absolute Gasteiger partial charge is 0.291 e. The van der Waals surface area contributed by atoms with Crippen LogP contribution >= 0.6 is 0 Å². The molecule has 0 aliphatic rings. The van der Waals surface area contributed by atoms with Crippen molar-refractivity contribution < 1.29 is 9.21 Å². The van der Waals surface area contributed by atoms with Gasteiger partial charge in [-0.1, -0.05) is 36.4 Å². The molecule has 1 amide bonds. The van der Waals surface area contributed by atoms with Crippen molar-refractivity contribution >= 4 is 28.2 Å². The quantitative estimate of drug-likeness (QED) is 0.504. The van der Waals surface area contributed by atoms with Gasteiger partial charge in [-0.2, -0.15) is 0 Å². The Balaban J connectivity index is 1.53. The van der Waals surface area contributed by atoms with E-state index >= 15 is 0 Å². The van der Waals surface area contributed by atoms with Crippen LogP contribution in [0, 0.1) is 0 Å². The minimum atomic E-state index is -0.496. The molecule has 0 saturated heterocycles. The summed E-state index contributed by atoms with van der Waals surface area (Å²) in [6.07, 6.45) is 3.81. The molecule has 0 spiro atoms. The van der Waals surface area contributed by atoms with Crippen molar-refractivity contribution in [2.45, 2.75) is 0 Å². The summed E-state index contributed by atoms with van der Waals surface area (Å²) in [5.74, 6) is -0.539. The molecule has 0 aliphatic carbocycles. The van der Waals surface area contributed by atoms with Crippen LogP contribution in [0.1, 0.15) is 10.6 Å². The lowest BCUT2D eigenvalue weighted by atomic mass is 10.1. The van der Waals surface area contributed by atoms with Crippen molar-refractivity contribution in [3.8, 4) is 11.3 Å². The maximum atomic E-state index is 12.8. The van der Waals surface area contributed by atoms with Crippen molar-refractivity contribution in [3.63, 3.8) is 0 Å². The number of carbonyl (C=O) groups is 1. The van der Waals surface area contributed by atoms with Crippen LogP contribution in [0.3, 0.4) is 0 Å². The lowest BCUT2D eigenvalue weighted by molar-refractivity contribution is 0.0997. The van der Waals surface area contributed by atoms with Gasteiger partial charge in [-0.05, 0) is 30.3 Å². The monoisotopic (exact) mass is 381 g/mol. The van der Waals surface area contributed by atoms with E-state index in [2.05, 4.69) is 10.3 Å². The summed E-state index contributed by atoms with van der Waals surface area (Å²) < 4.78 is 7.55. The Morgan fingerprint density at radius 3 is 2.66 bits per heavy atom. The van der Waals surface area contributed by atoms with E-state index in [1.165, 1.54) is 6.07 Å². The third kappa shape index (κ3) is 3.06. The SMILES string of the molecule is O=C(Nc1ccccc1-c1cn2ccccc2n1)c1cc(=O)c2ccccc2o1. The van der Waals surface area contributed by atoms with E-state index in [1.807, 2.05) is 53.2 Å². The fourth-order valence-corrected chi connectivity index (χ4v) is 3.28. The molecule has 140 valence electrons. The number of fused-ring (bicyclic) bond motifs is 2. The second-order valence-corrected chi connectivity index (χ2v) is 6.56. The standard InChI is InChI=1S/C23H15N3O3/c27-19-13-21(29-20-10-4-2-8-16(19)20)23(28)25-17-9-3-1-7-15(17)18-14-26-12-6-5-11-22(26)24-18/h1-14H,(H,25,28). The van der Waals surface area contributed by atoms with Crippen molar-refractivity contribution in [2.75, 3.05) is 5.32 Å². The molecule has 29 heavy (non-hydrogen) atoms. The van der Waals surface area contributed by atoms with Gasteiger partial charge in [0.2, 0.25) is 0 Å². The molecule has 6 nitrogen and oxygen atoms in total. The molecular formula is C23H15N3O3. The van der Waals surface area contributed by atoms with Crippen LogP contribution in [0.15, 0.2) is 94.4 Å². The zero-order chi connectivity index (χ0) is 19.8. The van der Waals surface area contributed by atoms with Gasteiger partial charge in [0.05, 0.1) is 16.8 Å². The largest absolute Gasteiger partial charge is 0.451 e. The number of nitrogens with one attached hydrogen (secondary N) is 1. The highest BCUT2D eigenvalue weighted by Crippen LogP contribution is 2.28. The number of carbonyl (C=O) groups excluding carboxylic acids is 1. The molecule has 0 aliphatic heterocycles. The number of benzene rings is 2. The van der Waals surface area contributed by atoms with Crippen molar-refractivity contribution in [3.05, 3.63) is 101 Å². The third-order valence-corrected chi connectivity index (χ3v) is 4.67. The molecule has 0 saturated carbocycles. The van der Waals surface area contributed by atoms with E-state index in [-0.39, 0.29) is 11.2 Å². The molecule has 3 aromatic heterocycles. The van der Waals surface area contributed by atoms with Crippen LogP contribution in [0.4, 0.5) is 5.69 Å². The molecule has 3 heterocycles. The minimum Gasteiger partial charge on any atom is -0.451 e. The Morgan fingerprint density at radius 2 is 1.76 bits per heavy atom. The summed E-state index contributed by atoms with van der Waals surface area (Å²) in [6, 6.07) is 21.2. The van der Waals surface area contributed by atoms with Crippen molar-refractivity contribution in [1.82, 2.24) is 9.38 Å². The van der Waals surface area contributed by atoms with E-state index in [9.17, 15) is 9.59 Å². The van der Waals surface area contributed by atoms with Gasteiger partial charge in [0.25, 0.3) is 5.91 Å². The predicted molar refractivity (Wildman–Crippen MR) is 111 cm³/mol. The Labute approximate surface area is 165 Å². The van der Waals surface area contributed by atoms with Gasteiger partial charge in [0.1, 0.15) is 11.2 Å². The van der Waals surface area contributed by atoms with E-state index < -0.39 is 5.91 Å². The average Bonchev–Trinajstić information content (AvgIpc) is 3.18. The number of amides is 1. The van der Waals surface area contributed by atoms with E-state index in [0.29, 0.717) is 16.7 Å². The molecule has 0 atom stereocenters. The topological polar surface area (TPSA) is 76.6 Å². The summed E-state index contributed by atoms with van der Waals surface area (Å²) in [4.78, 5) is 29.7. The second kappa shape index (κ2) is 6.76. The zero-order valence-corrected chi connectivity index (χ0v) is 15.2. The van der Waals surface area contributed by atoms with Gasteiger partial charge in [-0.3, -0.25) is 9.59 Å². The normalized spacial score (nSPS) is 11.0. The van der Waals surface area contributed by atoms with Gasteiger partial charge >= 0.3 is 0 Å². The van der Waals surface area contributed by atoms with Crippen LogP contribution in [0.5, 0.6) is 0 Å². The number of imidazole rings is 1. The first-order valence-corrected chi connectivity index (χ1v) is 9.06. The number of aromatic nitrogens is 2. The summed E-state index contributed by atoms with van der Waals surface area (Å²) in [7, 11) is 0. The van der Waals surface area contributed by atoms with Crippen LogP contribution in [0.25, 0.3) is 27.9 Å².